The largest absolute Gasteiger partial charge is 0.207 e. The summed E-state index contributed by atoms with van der Waals surface area (Å²) in [5, 5.41) is 0. The molecule has 0 aliphatic carbocycles. The topological polar surface area (TPSA) is 0 Å². The summed E-state index contributed by atoms with van der Waals surface area (Å²) in [4.78, 5) is 0. The third kappa shape index (κ3) is 2.07. The SMILES string of the molecule is Cc1ccc(-c2ccc(F)cc2C)cc1. The first-order valence-electron chi connectivity index (χ1n) is 5.00. The predicted molar refractivity (Wildman–Crippen MR) is 61.3 cm³/mol. The normalized spacial score (nSPS) is 10.3. The van der Waals surface area contributed by atoms with Crippen LogP contribution in [0.15, 0.2) is 42.5 Å². The molecule has 0 radical (unpaired) electrons. The van der Waals surface area contributed by atoms with Gasteiger partial charge in [-0.2, -0.15) is 0 Å². The lowest BCUT2D eigenvalue weighted by Gasteiger charge is -2.06. The Morgan fingerprint density at radius 2 is 1.53 bits per heavy atom. The first-order valence-corrected chi connectivity index (χ1v) is 5.00. The number of rotatable bonds is 1. The lowest BCUT2D eigenvalue weighted by atomic mass is 10.00. The number of hydrogen-bond acceptors (Lipinski definition) is 0. The highest BCUT2D eigenvalue weighted by atomic mass is 19.1. The van der Waals surface area contributed by atoms with Gasteiger partial charge >= 0.3 is 0 Å². The minimum atomic E-state index is -0.177. The fourth-order valence-electron chi connectivity index (χ4n) is 1.68. The highest BCUT2D eigenvalue weighted by Crippen LogP contribution is 2.24. The molecule has 0 saturated carbocycles. The Morgan fingerprint density at radius 3 is 2.13 bits per heavy atom. The van der Waals surface area contributed by atoms with Crippen molar-refractivity contribution < 1.29 is 4.39 Å². The quantitative estimate of drug-likeness (QED) is 0.649. The second-order valence-corrected chi connectivity index (χ2v) is 3.83. The Morgan fingerprint density at radius 1 is 0.867 bits per heavy atom. The fraction of sp³-hybridized carbons (Fsp3) is 0.143. The van der Waals surface area contributed by atoms with Crippen LogP contribution < -0.4 is 0 Å². The van der Waals surface area contributed by atoms with Gasteiger partial charge in [-0.25, -0.2) is 4.39 Å². The number of aryl methyl sites for hydroxylation is 2. The molecule has 0 atom stereocenters. The molecule has 2 rings (SSSR count). The monoisotopic (exact) mass is 200 g/mol. The van der Waals surface area contributed by atoms with E-state index in [2.05, 4.69) is 31.2 Å². The van der Waals surface area contributed by atoms with Crippen LogP contribution in [0.2, 0.25) is 0 Å². The molecule has 0 fully saturated rings. The van der Waals surface area contributed by atoms with Crippen LogP contribution in [0.1, 0.15) is 11.1 Å². The smallest absolute Gasteiger partial charge is 0.123 e. The van der Waals surface area contributed by atoms with E-state index >= 15 is 0 Å². The Bertz CT molecular complexity index is 469. The molecule has 0 amide bonds. The summed E-state index contributed by atoms with van der Waals surface area (Å²) in [6.45, 7) is 3.99. The van der Waals surface area contributed by atoms with E-state index in [0.29, 0.717) is 0 Å². The van der Waals surface area contributed by atoms with Crippen molar-refractivity contribution in [2.24, 2.45) is 0 Å². The summed E-state index contributed by atoms with van der Waals surface area (Å²) >= 11 is 0. The van der Waals surface area contributed by atoms with Gasteiger partial charge in [-0.15, -0.1) is 0 Å². The Hall–Kier alpha value is -1.63. The number of hydrogen-bond donors (Lipinski definition) is 0. The van der Waals surface area contributed by atoms with Crippen LogP contribution >= 0.6 is 0 Å². The molecule has 0 N–H and O–H groups in total. The maximum Gasteiger partial charge on any atom is 0.123 e. The van der Waals surface area contributed by atoms with E-state index in [0.717, 1.165) is 16.7 Å². The second-order valence-electron chi connectivity index (χ2n) is 3.83. The molecular weight excluding hydrogens is 187 g/mol. The maximum atomic E-state index is 12.9. The van der Waals surface area contributed by atoms with Gasteiger partial charge in [0.2, 0.25) is 0 Å². The van der Waals surface area contributed by atoms with Crippen LogP contribution in [0.3, 0.4) is 0 Å². The molecule has 0 spiro atoms. The van der Waals surface area contributed by atoms with Crippen LogP contribution in [0.5, 0.6) is 0 Å². The third-order valence-electron chi connectivity index (χ3n) is 2.55. The summed E-state index contributed by atoms with van der Waals surface area (Å²) in [7, 11) is 0. The molecule has 2 aromatic carbocycles. The molecule has 0 heterocycles. The van der Waals surface area contributed by atoms with E-state index in [-0.39, 0.29) is 5.82 Å². The minimum Gasteiger partial charge on any atom is -0.207 e. The van der Waals surface area contributed by atoms with Gasteiger partial charge in [-0.05, 0) is 42.7 Å². The van der Waals surface area contributed by atoms with Crippen LogP contribution in [-0.4, -0.2) is 0 Å². The minimum absolute atomic E-state index is 0.177. The van der Waals surface area contributed by atoms with Gasteiger partial charge in [0.25, 0.3) is 0 Å². The van der Waals surface area contributed by atoms with Gasteiger partial charge in [0.1, 0.15) is 5.82 Å². The predicted octanol–water partition coefficient (Wildman–Crippen LogP) is 4.11. The zero-order chi connectivity index (χ0) is 10.8. The Balaban J connectivity index is 2.49. The summed E-state index contributed by atoms with van der Waals surface area (Å²) in [5.41, 5.74) is 4.44. The lowest BCUT2D eigenvalue weighted by molar-refractivity contribution is 0.627. The Labute approximate surface area is 89.4 Å². The van der Waals surface area contributed by atoms with Crippen molar-refractivity contribution in [2.45, 2.75) is 13.8 Å². The summed E-state index contributed by atoms with van der Waals surface area (Å²) in [6, 6.07) is 13.2. The summed E-state index contributed by atoms with van der Waals surface area (Å²) in [5.74, 6) is -0.177. The van der Waals surface area contributed by atoms with Gasteiger partial charge in [-0.1, -0.05) is 35.9 Å². The molecule has 15 heavy (non-hydrogen) atoms. The molecule has 0 unspecified atom stereocenters. The van der Waals surface area contributed by atoms with Crippen LogP contribution in [0.25, 0.3) is 11.1 Å². The highest BCUT2D eigenvalue weighted by Gasteiger charge is 2.02. The standard InChI is InChI=1S/C14H13F/c1-10-3-5-12(6-4-10)14-8-7-13(15)9-11(14)2/h3-9H,1-2H3. The fourth-order valence-corrected chi connectivity index (χ4v) is 1.68. The summed E-state index contributed by atoms with van der Waals surface area (Å²) < 4.78 is 12.9. The third-order valence-corrected chi connectivity index (χ3v) is 2.55. The number of halogens is 1. The molecule has 76 valence electrons. The van der Waals surface area contributed by atoms with Crippen molar-refractivity contribution in [3.05, 3.63) is 59.4 Å². The molecule has 0 aliphatic heterocycles. The van der Waals surface area contributed by atoms with E-state index in [9.17, 15) is 4.39 Å². The average Bonchev–Trinajstić information content (AvgIpc) is 2.20. The first-order chi connectivity index (χ1) is 7.16. The van der Waals surface area contributed by atoms with E-state index < -0.39 is 0 Å². The molecule has 0 nitrogen and oxygen atoms in total. The van der Waals surface area contributed by atoms with Gasteiger partial charge in [0.05, 0.1) is 0 Å². The van der Waals surface area contributed by atoms with E-state index in [1.54, 1.807) is 6.07 Å². The van der Waals surface area contributed by atoms with Gasteiger partial charge < -0.3 is 0 Å². The maximum absolute atomic E-state index is 12.9. The highest BCUT2D eigenvalue weighted by molar-refractivity contribution is 5.67. The second kappa shape index (κ2) is 3.85. The molecule has 0 aliphatic rings. The molecule has 1 heteroatoms. The van der Waals surface area contributed by atoms with Gasteiger partial charge in [0, 0.05) is 0 Å². The lowest BCUT2D eigenvalue weighted by Crippen LogP contribution is -1.85. The van der Waals surface area contributed by atoms with E-state index in [1.165, 1.54) is 11.6 Å². The van der Waals surface area contributed by atoms with Crippen molar-refractivity contribution in [1.29, 1.82) is 0 Å². The Kier molecular flexibility index (Phi) is 2.55. The van der Waals surface area contributed by atoms with Crippen LogP contribution in [-0.2, 0) is 0 Å². The van der Waals surface area contributed by atoms with Gasteiger partial charge in [0.15, 0.2) is 0 Å². The summed E-state index contributed by atoms with van der Waals surface area (Å²) in [6.07, 6.45) is 0. The van der Waals surface area contributed by atoms with Crippen molar-refractivity contribution in [2.75, 3.05) is 0 Å². The first kappa shape index (κ1) is 9.91. The molecule has 0 saturated heterocycles. The number of benzene rings is 2. The van der Waals surface area contributed by atoms with Crippen molar-refractivity contribution in [3.63, 3.8) is 0 Å². The van der Waals surface area contributed by atoms with Gasteiger partial charge in [-0.3, -0.25) is 0 Å². The van der Waals surface area contributed by atoms with Crippen LogP contribution in [0, 0.1) is 19.7 Å². The average molecular weight is 200 g/mol. The molecule has 0 aromatic heterocycles. The van der Waals surface area contributed by atoms with E-state index in [4.69, 9.17) is 0 Å². The van der Waals surface area contributed by atoms with E-state index in [1.807, 2.05) is 13.0 Å². The zero-order valence-electron chi connectivity index (χ0n) is 8.92. The zero-order valence-corrected chi connectivity index (χ0v) is 8.92. The van der Waals surface area contributed by atoms with Crippen molar-refractivity contribution >= 4 is 0 Å². The molecular formula is C14H13F. The van der Waals surface area contributed by atoms with Crippen LogP contribution in [0.4, 0.5) is 4.39 Å². The molecule has 2 aromatic rings. The molecule has 0 bridgehead atoms. The van der Waals surface area contributed by atoms with Crippen molar-refractivity contribution in [3.8, 4) is 11.1 Å². The van der Waals surface area contributed by atoms with Crippen molar-refractivity contribution in [1.82, 2.24) is 0 Å².